The van der Waals surface area contributed by atoms with Gasteiger partial charge in [0.2, 0.25) is 11.8 Å². The maximum absolute atomic E-state index is 13.8. The Morgan fingerprint density at radius 3 is 2.69 bits per heavy atom. The molecule has 0 saturated carbocycles. The summed E-state index contributed by atoms with van der Waals surface area (Å²) in [7, 11) is 0. The lowest BCUT2D eigenvalue weighted by Crippen LogP contribution is -2.45. The van der Waals surface area contributed by atoms with Crippen molar-refractivity contribution in [3.63, 3.8) is 0 Å². The number of aryl methyl sites for hydroxylation is 2. The molecule has 1 aromatic heterocycles. The van der Waals surface area contributed by atoms with Crippen LogP contribution in [0.3, 0.4) is 0 Å². The Balaban J connectivity index is 1.41. The summed E-state index contributed by atoms with van der Waals surface area (Å²) >= 11 is 1.52. The zero-order chi connectivity index (χ0) is 24.5. The predicted octanol–water partition coefficient (Wildman–Crippen LogP) is 3.77. The van der Waals surface area contributed by atoms with Gasteiger partial charge in [0.15, 0.2) is 5.13 Å². The number of ether oxygens (including phenoxy) is 1. The van der Waals surface area contributed by atoms with E-state index in [1.165, 1.54) is 23.5 Å². The monoisotopic (exact) mass is 496 g/mol. The highest BCUT2D eigenvalue weighted by Gasteiger charge is 2.38. The molecular weight excluding hydrogens is 467 g/mol. The van der Waals surface area contributed by atoms with Gasteiger partial charge in [-0.2, -0.15) is 0 Å². The molecule has 1 atom stereocenters. The van der Waals surface area contributed by atoms with E-state index in [9.17, 15) is 14.0 Å². The van der Waals surface area contributed by atoms with E-state index in [0.717, 1.165) is 34.4 Å². The maximum Gasteiger partial charge on any atom is 0.234 e. The van der Waals surface area contributed by atoms with Gasteiger partial charge in [-0.25, -0.2) is 9.37 Å². The van der Waals surface area contributed by atoms with Gasteiger partial charge in [0.25, 0.3) is 0 Å². The van der Waals surface area contributed by atoms with E-state index in [1.54, 1.807) is 21.9 Å². The van der Waals surface area contributed by atoms with Crippen molar-refractivity contribution in [3.8, 4) is 0 Å². The van der Waals surface area contributed by atoms with Gasteiger partial charge in [0.1, 0.15) is 5.82 Å². The van der Waals surface area contributed by atoms with Gasteiger partial charge < -0.3 is 9.64 Å². The van der Waals surface area contributed by atoms with Crippen molar-refractivity contribution in [3.05, 3.63) is 53.3 Å². The number of hydrogen-bond donors (Lipinski definition) is 0. The van der Waals surface area contributed by atoms with Crippen LogP contribution in [0, 0.1) is 25.6 Å². The van der Waals surface area contributed by atoms with E-state index < -0.39 is 5.92 Å². The van der Waals surface area contributed by atoms with Crippen LogP contribution in [0.15, 0.2) is 36.4 Å². The molecule has 35 heavy (non-hydrogen) atoms. The number of benzene rings is 2. The number of aromatic nitrogens is 1. The quantitative estimate of drug-likeness (QED) is 0.520. The van der Waals surface area contributed by atoms with Gasteiger partial charge in [-0.3, -0.25) is 19.4 Å². The molecule has 3 aromatic rings. The zero-order valence-corrected chi connectivity index (χ0v) is 20.8. The van der Waals surface area contributed by atoms with Crippen LogP contribution in [0.4, 0.5) is 15.2 Å². The summed E-state index contributed by atoms with van der Waals surface area (Å²) in [5, 5.41) is 0.666. The van der Waals surface area contributed by atoms with Crippen LogP contribution in [0.1, 0.15) is 17.5 Å². The number of anilines is 2. The molecule has 1 unspecified atom stereocenters. The average Bonchev–Trinajstić information content (AvgIpc) is 3.44. The summed E-state index contributed by atoms with van der Waals surface area (Å²) in [6, 6.07) is 9.99. The third-order valence-corrected chi connectivity index (χ3v) is 7.89. The van der Waals surface area contributed by atoms with E-state index >= 15 is 0 Å². The summed E-state index contributed by atoms with van der Waals surface area (Å²) in [5.41, 5.74) is 3.77. The number of morpholine rings is 1. The fourth-order valence-electron chi connectivity index (χ4n) is 4.81. The Bertz CT molecular complexity index is 1240. The number of rotatable bonds is 6. The zero-order valence-electron chi connectivity index (χ0n) is 20.0. The minimum atomic E-state index is -0.480. The van der Waals surface area contributed by atoms with Gasteiger partial charge in [-0.15, -0.1) is 0 Å². The van der Waals surface area contributed by atoms with Crippen molar-refractivity contribution in [1.29, 1.82) is 0 Å². The highest BCUT2D eigenvalue weighted by atomic mass is 32.1. The van der Waals surface area contributed by atoms with Crippen LogP contribution in [-0.4, -0.2) is 67.6 Å². The highest BCUT2D eigenvalue weighted by molar-refractivity contribution is 7.22. The van der Waals surface area contributed by atoms with E-state index in [4.69, 9.17) is 9.72 Å². The fraction of sp³-hybridized carbons (Fsp3) is 0.423. The SMILES string of the molecule is Cc1cc(C)c2sc(N(CCN3CCOCC3)C(=O)C3CC(=O)N(c4ccc(F)cc4)C3)nc2c1. The molecule has 3 heterocycles. The Labute approximate surface area is 208 Å². The standard InChI is InChI=1S/C26H29FN4O3S/c1-17-13-18(2)24-22(14-17)28-26(35-24)30(8-7-29-9-11-34-12-10-29)25(33)19-15-23(32)31(16-19)21-5-3-20(27)4-6-21/h3-6,13-14,19H,7-12,15-16H2,1-2H3. The van der Waals surface area contributed by atoms with Crippen LogP contribution >= 0.6 is 11.3 Å². The van der Waals surface area contributed by atoms with Crippen molar-refractivity contribution in [1.82, 2.24) is 9.88 Å². The van der Waals surface area contributed by atoms with Crippen molar-refractivity contribution in [2.75, 3.05) is 55.7 Å². The Kier molecular flexibility index (Phi) is 6.82. The third-order valence-electron chi connectivity index (χ3n) is 6.66. The highest BCUT2D eigenvalue weighted by Crippen LogP contribution is 2.34. The molecule has 2 aromatic carbocycles. The largest absolute Gasteiger partial charge is 0.379 e. The second kappa shape index (κ2) is 10.0. The molecule has 0 N–H and O–H groups in total. The van der Waals surface area contributed by atoms with E-state index in [0.29, 0.717) is 37.1 Å². The van der Waals surface area contributed by atoms with Crippen molar-refractivity contribution < 1.29 is 18.7 Å². The van der Waals surface area contributed by atoms with E-state index in [1.807, 2.05) is 13.0 Å². The van der Waals surface area contributed by atoms with Crippen LogP contribution < -0.4 is 9.80 Å². The maximum atomic E-state index is 13.8. The Hall–Kier alpha value is -2.88. The summed E-state index contributed by atoms with van der Waals surface area (Å²) < 4.78 is 19.9. The lowest BCUT2D eigenvalue weighted by molar-refractivity contribution is -0.124. The first-order valence-corrected chi connectivity index (χ1v) is 12.8. The number of carbonyl (C=O) groups excluding carboxylic acids is 2. The number of hydrogen-bond acceptors (Lipinski definition) is 6. The Morgan fingerprint density at radius 1 is 1.20 bits per heavy atom. The van der Waals surface area contributed by atoms with Crippen molar-refractivity contribution >= 4 is 44.2 Å². The topological polar surface area (TPSA) is 66.0 Å². The predicted molar refractivity (Wildman–Crippen MR) is 136 cm³/mol. The van der Waals surface area contributed by atoms with Gasteiger partial charge in [-0.1, -0.05) is 17.4 Å². The molecular formula is C26H29FN4O3S. The molecule has 184 valence electrons. The second-order valence-corrected chi connectivity index (χ2v) is 10.2. The lowest BCUT2D eigenvalue weighted by atomic mass is 10.1. The molecule has 0 spiro atoms. The molecule has 0 radical (unpaired) electrons. The first-order chi connectivity index (χ1) is 16.9. The van der Waals surface area contributed by atoms with Crippen molar-refractivity contribution in [2.24, 2.45) is 5.92 Å². The van der Waals surface area contributed by atoms with Gasteiger partial charge in [0, 0.05) is 44.8 Å². The first-order valence-electron chi connectivity index (χ1n) is 11.9. The molecule has 0 bridgehead atoms. The minimum Gasteiger partial charge on any atom is -0.379 e. The molecule has 7 nitrogen and oxygen atoms in total. The molecule has 2 aliphatic rings. The summed E-state index contributed by atoms with van der Waals surface area (Å²) in [5.74, 6) is -1.06. The number of nitrogens with zero attached hydrogens (tertiary/aromatic N) is 4. The molecule has 2 fully saturated rings. The summed E-state index contributed by atoms with van der Waals surface area (Å²) in [6.07, 6.45) is 0.132. The normalized spacial score (nSPS) is 19.0. The first kappa shape index (κ1) is 23.8. The number of fused-ring (bicyclic) bond motifs is 1. The number of halogens is 1. The van der Waals surface area contributed by atoms with Gasteiger partial charge >= 0.3 is 0 Å². The average molecular weight is 497 g/mol. The van der Waals surface area contributed by atoms with Crippen LogP contribution in [0.25, 0.3) is 10.2 Å². The van der Waals surface area contributed by atoms with Gasteiger partial charge in [0.05, 0.1) is 29.3 Å². The van der Waals surface area contributed by atoms with Crippen LogP contribution in [0.2, 0.25) is 0 Å². The van der Waals surface area contributed by atoms with Gasteiger partial charge in [-0.05, 0) is 55.3 Å². The smallest absolute Gasteiger partial charge is 0.234 e. The summed E-state index contributed by atoms with van der Waals surface area (Å²) in [4.78, 5) is 37.1. The molecule has 2 aliphatic heterocycles. The Morgan fingerprint density at radius 2 is 1.94 bits per heavy atom. The second-order valence-electron chi connectivity index (χ2n) is 9.25. The number of amides is 2. The minimum absolute atomic E-state index is 0.0929. The molecule has 5 rings (SSSR count). The lowest BCUT2D eigenvalue weighted by Gasteiger charge is -2.30. The molecule has 2 saturated heterocycles. The van der Waals surface area contributed by atoms with Crippen molar-refractivity contribution in [2.45, 2.75) is 20.3 Å². The third kappa shape index (κ3) is 5.07. The number of carbonyl (C=O) groups is 2. The molecule has 9 heteroatoms. The van der Waals surface area contributed by atoms with E-state index in [-0.39, 0.29) is 30.6 Å². The number of thiazole rings is 1. The fourth-order valence-corrected chi connectivity index (χ4v) is 5.86. The van der Waals surface area contributed by atoms with Crippen LogP contribution in [-0.2, 0) is 14.3 Å². The summed E-state index contributed by atoms with van der Waals surface area (Å²) in [6.45, 7) is 8.65. The van der Waals surface area contributed by atoms with E-state index in [2.05, 4.69) is 17.9 Å². The molecule has 2 amide bonds. The van der Waals surface area contributed by atoms with Crippen LogP contribution in [0.5, 0.6) is 0 Å². The molecule has 0 aliphatic carbocycles.